The van der Waals surface area contributed by atoms with Crippen LogP contribution in [-0.2, 0) is 0 Å². The van der Waals surface area contributed by atoms with Gasteiger partial charge in [0.15, 0.2) is 0 Å². The highest BCUT2D eigenvalue weighted by Gasteiger charge is 2.21. The number of nitrogens with one attached hydrogen (secondary N) is 2. The molecule has 170 valence electrons. The molecule has 1 aliphatic heterocycles. The first-order valence-corrected chi connectivity index (χ1v) is 11.4. The van der Waals surface area contributed by atoms with Gasteiger partial charge in [-0.05, 0) is 55.5 Å². The molecule has 1 aromatic heterocycles. The fourth-order valence-electron chi connectivity index (χ4n) is 4.66. The standard InChI is InChI=1S/C25H27FN6O/c26-21-11-17(4-5-18(21)14-27)23-13-25(30-15-16-2-1-3-19(28)10-16)31-32(23)20-6-7-24-22(12-20)29-8-9-33-24/h4-7,11-13,16,19,29H,1-3,8-10,15,28H2,(H,30,31)/t16-,19-/m0/s1. The van der Waals surface area contributed by atoms with Crippen molar-refractivity contribution in [2.75, 3.05) is 30.3 Å². The van der Waals surface area contributed by atoms with E-state index in [0.29, 0.717) is 18.1 Å². The minimum Gasteiger partial charge on any atom is -0.490 e. The average Bonchev–Trinajstić information content (AvgIpc) is 3.27. The van der Waals surface area contributed by atoms with Gasteiger partial charge in [0.2, 0.25) is 0 Å². The summed E-state index contributed by atoms with van der Waals surface area (Å²) in [7, 11) is 0. The Hall–Kier alpha value is -3.57. The molecule has 2 heterocycles. The Morgan fingerprint density at radius 3 is 2.97 bits per heavy atom. The maximum atomic E-state index is 14.4. The van der Waals surface area contributed by atoms with Crippen LogP contribution in [0.25, 0.3) is 16.9 Å². The Morgan fingerprint density at radius 1 is 1.24 bits per heavy atom. The zero-order valence-corrected chi connectivity index (χ0v) is 18.4. The van der Waals surface area contributed by atoms with Gasteiger partial charge in [-0.1, -0.05) is 12.5 Å². The first-order chi connectivity index (χ1) is 16.1. The molecule has 3 aromatic rings. The predicted molar refractivity (Wildman–Crippen MR) is 126 cm³/mol. The molecule has 2 aliphatic rings. The minimum atomic E-state index is -0.547. The average molecular weight is 447 g/mol. The number of nitrogens with zero attached hydrogens (tertiary/aromatic N) is 3. The molecule has 1 aliphatic carbocycles. The van der Waals surface area contributed by atoms with Gasteiger partial charge in [0.1, 0.15) is 30.1 Å². The van der Waals surface area contributed by atoms with Gasteiger partial charge in [-0.15, -0.1) is 5.10 Å². The Morgan fingerprint density at radius 2 is 2.15 bits per heavy atom. The van der Waals surface area contributed by atoms with Gasteiger partial charge in [0, 0.05) is 30.8 Å². The van der Waals surface area contributed by atoms with Crippen LogP contribution >= 0.6 is 0 Å². The Labute approximate surface area is 192 Å². The van der Waals surface area contributed by atoms with Crippen molar-refractivity contribution in [2.45, 2.75) is 31.7 Å². The van der Waals surface area contributed by atoms with Crippen molar-refractivity contribution in [3.05, 3.63) is 53.8 Å². The summed E-state index contributed by atoms with van der Waals surface area (Å²) in [6.45, 7) is 2.16. The van der Waals surface area contributed by atoms with Crippen LogP contribution in [-0.4, -0.2) is 35.5 Å². The van der Waals surface area contributed by atoms with Crippen LogP contribution < -0.4 is 21.1 Å². The van der Waals surface area contributed by atoms with Crippen molar-refractivity contribution >= 4 is 11.5 Å². The summed E-state index contributed by atoms with van der Waals surface area (Å²) in [5.74, 6) is 1.49. The van der Waals surface area contributed by atoms with Gasteiger partial charge in [-0.25, -0.2) is 9.07 Å². The Balaban J connectivity index is 1.49. The summed E-state index contributed by atoms with van der Waals surface area (Å²) in [6, 6.07) is 14.5. The second kappa shape index (κ2) is 9.12. The monoisotopic (exact) mass is 446 g/mol. The molecule has 2 atom stereocenters. The highest BCUT2D eigenvalue weighted by Crippen LogP contribution is 2.33. The first kappa shape index (κ1) is 21.3. The number of halogens is 1. The van der Waals surface area contributed by atoms with Crippen molar-refractivity contribution in [1.29, 1.82) is 5.26 Å². The number of benzene rings is 2. The summed E-state index contributed by atoms with van der Waals surface area (Å²) in [5.41, 5.74) is 9.28. The fraction of sp³-hybridized carbons (Fsp3) is 0.360. The third-order valence-electron chi connectivity index (χ3n) is 6.37. The highest BCUT2D eigenvalue weighted by molar-refractivity contribution is 5.69. The second-order valence-corrected chi connectivity index (χ2v) is 8.76. The fourth-order valence-corrected chi connectivity index (χ4v) is 4.66. The summed E-state index contributed by atoms with van der Waals surface area (Å²) in [5, 5.41) is 20.7. The number of rotatable bonds is 5. The molecule has 0 bridgehead atoms. The first-order valence-electron chi connectivity index (χ1n) is 11.4. The SMILES string of the molecule is N#Cc1ccc(-c2cc(NC[C@H]3CCC[C@H](N)C3)nn2-c2ccc3c(c2)NCCO3)cc1F. The molecule has 0 radical (unpaired) electrons. The van der Waals surface area contributed by atoms with E-state index in [-0.39, 0.29) is 11.6 Å². The lowest BCUT2D eigenvalue weighted by atomic mass is 9.86. The molecule has 8 heteroatoms. The normalized spacial score (nSPS) is 19.7. The zero-order valence-electron chi connectivity index (χ0n) is 18.4. The van der Waals surface area contributed by atoms with Gasteiger partial charge in [-0.3, -0.25) is 0 Å². The lowest BCUT2D eigenvalue weighted by Gasteiger charge is -2.26. The molecule has 4 N–H and O–H groups in total. The van der Waals surface area contributed by atoms with Gasteiger partial charge >= 0.3 is 0 Å². The van der Waals surface area contributed by atoms with E-state index in [2.05, 4.69) is 10.6 Å². The van der Waals surface area contributed by atoms with Crippen LogP contribution in [0.3, 0.4) is 0 Å². The molecule has 0 unspecified atom stereocenters. The van der Waals surface area contributed by atoms with Crippen molar-refractivity contribution in [2.24, 2.45) is 11.7 Å². The van der Waals surface area contributed by atoms with Gasteiger partial charge < -0.3 is 21.1 Å². The topological polar surface area (TPSA) is 101 Å². The van der Waals surface area contributed by atoms with E-state index >= 15 is 0 Å². The van der Waals surface area contributed by atoms with Crippen molar-refractivity contribution in [3.63, 3.8) is 0 Å². The van der Waals surface area contributed by atoms with E-state index in [0.717, 1.165) is 67.4 Å². The lowest BCUT2D eigenvalue weighted by molar-refractivity contribution is 0.323. The Bertz CT molecular complexity index is 1200. The molecule has 1 saturated carbocycles. The maximum absolute atomic E-state index is 14.4. The van der Waals surface area contributed by atoms with Crippen LogP contribution in [0.4, 0.5) is 15.9 Å². The quantitative estimate of drug-likeness (QED) is 0.541. The largest absolute Gasteiger partial charge is 0.490 e. The molecular weight excluding hydrogens is 419 g/mol. The lowest BCUT2D eigenvalue weighted by Crippen LogP contribution is -2.31. The third-order valence-corrected chi connectivity index (χ3v) is 6.37. The number of nitriles is 1. The maximum Gasteiger partial charge on any atom is 0.149 e. The van der Waals surface area contributed by atoms with Crippen LogP contribution in [0.2, 0.25) is 0 Å². The summed E-state index contributed by atoms with van der Waals surface area (Å²) < 4.78 is 21.9. The van der Waals surface area contributed by atoms with Gasteiger partial charge in [-0.2, -0.15) is 5.26 Å². The smallest absolute Gasteiger partial charge is 0.149 e. The number of nitrogens with two attached hydrogens (primary N) is 1. The van der Waals surface area contributed by atoms with Crippen LogP contribution in [0.5, 0.6) is 5.75 Å². The van der Waals surface area contributed by atoms with Crippen molar-refractivity contribution in [3.8, 4) is 28.8 Å². The summed E-state index contributed by atoms with van der Waals surface area (Å²) in [6.07, 6.45) is 4.42. The minimum absolute atomic E-state index is 0.0203. The van der Waals surface area contributed by atoms with Crippen molar-refractivity contribution < 1.29 is 9.13 Å². The van der Waals surface area contributed by atoms with Crippen LogP contribution in [0.15, 0.2) is 42.5 Å². The van der Waals surface area contributed by atoms with E-state index in [1.165, 1.54) is 12.1 Å². The van der Waals surface area contributed by atoms with Gasteiger partial charge in [0.05, 0.1) is 22.6 Å². The number of fused-ring (bicyclic) bond motifs is 1. The molecule has 1 fully saturated rings. The summed E-state index contributed by atoms with van der Waals surface area (Å²) in [4.78, 5) is 0. The Kier molecular flexibility index (Phi) is 5.88. The molecule has 0 amide bonds. The van der Waals surface area contributed by atoms with E-state index in [4.69, 9.17) is 20.8 Å². The zero-order chi connectivity index (χ0) is 22.8. The predicted octanol–water partition coefficient (Wildman–Crippen LogP) is 4.28. The van der Waals surface area contributed by atoms with E-state index in [1.54, 1.807) is 10.7 Å². The molecule has 7 nitrogen and oxygen atoms in total. The number of hydrogen-bond acceptors (Lipinski definition) is 6. The van der Waals surface area contributed by atoms with Crippen LogP contribution in [0.1, 0.15) is 31.2 Å². The molecule has 5 rings (SSSR count). The number of aromatic nitrogens is 2. The van der Waals surface area contributed by atoms with Crippen molar-refractivity contribution in [1.82, 2.24) is 9.78 Å². The molecule has 2 aromatic carbocycles. The highest BCUT2D eigenvalue weighted by atomic mass is 19.1. The number of anilines is 2. The van der Waals surface area contributed by atoms with E-state index < -0.39 is 5.82 Å². The third kappa shape index (κ3) is 4.50. The molecule has 0 spiro atoms. The molecule has 33 heavy (non-hydrogen) atoms. The van der Waals surface area contributed by atoms with Crippen LogP contribution in [0, 0.1) is 23.1 Å². The van der Waals surface area contributed by atoms with Gasteiger partial charge in [0.25, 0.3) is 0 Å². The molecule has 0 saturated heterocycles. The van der Waals surface area contributed by atoms with E-state index in [1.807, 2.05) is 30.3 Å². The second-order valence-electron chi connectivity index (χ2n) is 8.76. The number of ether oxygens (including phenoxy) is 1. The summed E-state index contributed by atoms with van der Waals surface area (Å²) >= 11 is 0. The number of hydrogen-bond donors (Lipinski definition) is 3. The van der Waals surface area contributed by atoms with E-state index in [9.17, 15) is 4.39 Å². The molecular formula is C25H27FN6O.